The lowest BCUT2D eigenvalue weighted by Gasteiger charge is -2.16. The highest BCUT2D eigenvalue weighted by atomic mass is 15.2. The Morgan fingerprint density at radius 3 is 2.50 bits per heavy atom. The third kappa shape index (κ3) is 3.05. The van der Waals surface area contributed by atoms with Gasteiger partial charge in [-0.15, -0.1) is 0 Å². The molecule has 0 spiro atoms. The van der Waals surface area contributed by atoms with Crippen LogP contribution in [0.2, 0.25) is 0 Å². The molecule has 0 aliphatic rings. The van der Waals surface area contributed by atoms with Gasteiger partial charge in [-0.1, -0.05) is 13.8 Å². The van der Waals surface area contributed by atoms with E-state index in [1.165, 1.54) is 6.42 Å². The molecule has 3 nitrogen and oxygen atoms in total. The summed E-state index contributed by atoms with van der Waals surface area (Å²) in [5, 5.41) is 3.41. The average molecular weight is 195 g/mol. The smallest absolute Gasteiger partial charge is 0.202 e. The standard InChI is InChI=1S/C11H21N3/c1-8(2)6-9(3)12-11-13-10(4)7-14(11)5/h7-9H,6H2,1-5H3,(H,12,13). The highest BCUT2D eigenvalue weighted by Crippen LogP contribution is 2.11. The third-order valence-electron chi connectivity index (χ3n) is 2.20. The number of hydrogen-bond acceptors (Lipinski definition) is 2. The lowest BCUT2D eigenvalue weighted by Crippen LogP contribution is -2.19. The Balaban J connectivity index is 2.55. The van der Waals surface area contributed by atoms with Crippen LogP contribution in [0.4, 0.5) is 5.95 Å². The van der Waals surface area contributed by atoms with Crippen molar-refractivity contribution in [3.05, 3.63) is 11.9 Å². The molecule has 1 N–H and O–H groups in total. The predicted octanol–water partition coefficient (Wildman–Crippen LogP) is 2.58. The maximum atomic E-state index is 4.41. The molecule has 1 heterocycles. The van der Waals surface area contributed by atoms with Crippen LogP contribution in [0, 0.1) is 12.8 Å². The quantitative estimate of drug-likeness (QED) is 0.800. The topological polar surface area (TPSA) is 29.9 Å². The van der Waals surface area contributed by atoms with E-state index in [9.17, 15) is 0 Å². The van der Waals surface area contributed by atoms with Gasteiger partial charge in [-0.3, -0.25) is 0 Å². The summed E-state index contributed by atoms with van der Waals surface area (Å²) in [6.07, 6.45) is 3.20. The summed E-state index contributed by atoms with van der Waals surface area (Å²) in [6, 6.07) is 0.482. The molecule has 3 heteroatoms. The highest BCUT2D eigenvalue weighted by Gasteiger charge is 2.08. The van der Waals surface area contributed by atoms with Crippen LogP contribution in [0.1, 0.15) is 32.9 Å². The SMILES string of the molecule is Cc1cn(C)c(NC(C)CC(C)C)n1. The number of anilines is 1. The van der Waals surface area contributed by atoms with Crippen molar-refractivity contribution in [2.24, 2.45) is 13.0 Å². The molecule has 1 unspecified atom stereocenters. The molecule has 0 saturated heterocycles. The number of nitrogens with zero attached hydrogens (tertiary/aromatic N) is 2. The predicted molar refractivity (Wildman–Crippen MR) is 60.5 cm³/mol. The first-order valence-electron chi connectivity index (χ1n) is 5.25. The molecule has 0 bridgehead atoms. The van der Waals surface area contributed by atoms with Gasteiger partial charge in [-0.2, -0.15) is 0 Å². The molecule has 1 rings (SSSR count). The molecule has 1 atom stereocenters. The minimum atomic E-state index is 0.482. The lowest BCUT2D eigenvalue weighted by molar-refractivity contribution is 0.536. The van der Waals surface area contributed by atoms with Gasteiger partial charge in [0.05, 0.1) is 5.69 Å². The minimum Gasteiger partial charge on any atom is -0.353 e. The number of nitrogens with one attached hydrogen (secondary N) is 1. The van der Waals surface area contributed by atoms with E-state index in [0.717, 1.165) is 17.6 Å². The van der Waals surface area contributed by atoms with Gasteiger partial charge in [0.1, 0.15) is 0 Å². The average Bonchev–Trinajstić information content (AvgIpc) is 2.28. The zero-order valence-corrected chi connectivity index (χ0v) is 9.83. The van der Waals surface area contributed by atoms with Crippen LogP contribution < -0.4 is 5.32 Å². The van der Waals surface area contributed by atoms with Crippen molar-refractivity contribution in [2.75, 3.05) is 5.32 Å². The Morgan fingerprint density at radius 1 is 1.43 bits per heavy atom. The zero-order chi connectivity index (χ0) is 10.7. The van der Waals surface area contributed by atoms with Crippen molar-refractivity contribution in [3.63, 3.8) is 0 Å². The first-order chi connectivity index (χ1) is 6.49. The molecule has 0 fully saturated rings. The number of imidazole rings is 1. The fraction of sp³-hybridized carbons (Fsp3) is 0.727. The van der Waals surface area contributed by atoms with Crippen molar-refractivity contribution in [1.29, 1.82) is 0 Å². The molecule has 1 aromatic rings. The summed E-state index contributed by atoms with van der Waals surface area (Å²) >= 11 is 0. The molecule has 1 aromatic heterocycles. The summed E-state index contributed by atoms with van der Waals surface area (Å²) in [4.78, 5) is 4.41. The van der Waals surface area contributed by atoms with Gasteiger partial charge in [-0.05, 0) is 26.2 Å². The van der Waals surface area contributed by atoms with Crippen molar-refractivity contribution in [2.45, 2.75) is 40.2 Å². The van der Waals surface area contributed by atoms with E-state index >= 15 is 0 Å². The molecule has 0 radical (unpaired) electrons. The molecule has 0 saturated carbocycles. The van der Waals surface area contributed by atoms with Crippen LogP contribution in [0.5, 0.6) is 0 Å². The van der Waals surface area contributed by atoms with E-state index in [4.69, 9.17) is 0 Å². The fourth-order valence-electron chi connectivity index (χ4n) is 1.74. The number of aryl methyl sites for hydroxylation is 2. The van der Waals surface area contributed by atoms with E-state index in [-0.39, 0.29) is 0 Å². The Morgan fingerprint density at radius 2 is 2.07 bits per heavy atom. The number of rotatable bonds is 4. The molecule has 80 valence electrons. The first kappa shape index (κ1) is 11.1. The minimum absolute atomic E-state index is 0.482. The summed E-state index contributed by atoms with van der Waals surface area (Å²) in [5.41, 5.74) is 1.06. The third-order valence-corrected chi connectivity index (χ3v) is 2.20. The lowest BCUT2D eigenvalue weighted by atomic mass is 10.1. The van der Waals surface area contributed by atoms with E-state index in [1.807, 2.05) is 24.7 Å². The van der Waals surface area contributed by atoms with Gasteiger partial charge in [0.25, 0.3) is 0 Å². The van der Waals surface area contributed by atoms with Gasteiger partial charge in [0.2, 0.25) is 5.95 Å². The summed E-state index contributed by atoms with van der Waals surface area (Å²) in [6.45, 7) is 8.69. The maximum Gasteiger partial charge on any atom is 0.202 e. The Labute approximate surface area is 86.5 Å². The second-order valence-corrected chi connectivity index (χ2v) is 4.49. The second kappa shape index (κ2) is 4.49. The maximum absolute atomic E-state index is 4.41. The molecule has 0 amide bonds. The number of aromatic nitrogens is 2. The normalized spacial score (nSPS) is 13.3. The molecule has 14 heavy (non-hydrogen) atoms. The summed E-state index contributed by atoms with van der Waals surface area (Å²) in [7, 11) is 2.02. The first-order valence-corrected chi connectivity index (χ1v) is 5.25. The molecular weight excluding hydrogens is 174 g/mol. The van der Waals surface area contributed by atoms with Gasteiger partial charge in [0.15, 0.2) is 0 Å². The highest BCUT2D eigenvalue weighted by molar-refractivity contribution is 5.29. The van der Waals surface area contributed by atoms with Gasteiger partial charge in [0, 0.05) is 19.3 Å². The summed E-state index contributed by atoms with van der Waals surface area (Å²) < 4.78 is 2.03. The van der Waals surface area contributed by atoms with Crippen LogP contribution in [-0.4, -0.2) is 15.6 Å². The monoisotopic (exact) mass is 195 g/mol. The Hall–Kier alpha value is -0.990. The van der Waals surface area contributed by atoms with Gasteiger partial charge in [-0.25, -0.2) is 4.98 Å². The van der Waals surface area contributed by atoms with E-state index in [2.05, 4.69) is 31.1 Å². The van der Waals surface area contributed by atoms with Crippen molar-refractivity contribution in [3.8, 4) is 0 Å². The molecule has 0 aromatic carbocycles. The van der Waals surface area contributed by atoms with Crippen molar-refractivity contribution >= 4 is 5.95 Å². The van der Waals surface area contributed by atoms with Crippen molar-refractivity contribution < 1.29 is 0 Å². The van der Waals surface area contributed by atoms with Crippen LogP contribution in [0.15, 0.2) is 6.20 Å². The molecular formula is C11H21N3. The largest absolute Gasteiger partial charge is 0.353 e. The van der Waals surface area contributed by atoms with E-state index < -0.39 is 0 Å². The van der Waals surface area contributed by atoms with Gasteiger partial charge < -0.3 is 9.88 Å². The van der Waals surface area contributed by atoms with Crippen molar-refractivity contribution in [1.82, 2.24) is 9.55 Å². The summed E-state index contributed by atoms with van der Waals surface area (Å²) in [5.74, 6) is 1.69. The molecule has 0 aliphatic heterocycles. The second-order valence-electron chi connectivity index (χ2n) is 4.49. The van der Waals surface area contributed by atoms with E-state index in [0.29, 0.717) is 6.04 Å². The fourth-order valence-corrected chi connectivity index (χ4v) is 1.74. The van der Waals surface area contributed by atoms with Crippen LogP contribution in [0.3, 0.4) is 0 Å². The van der Waals surface area contributed by atoms with Crippen LogP contribution in [0.25, 0.3) is 0 Å². The van der Waals surface area contributed by atoms with E-state index in [1.54, 1.807) is 0 Å². The zero-order valence-electron chi connectivity index (χ0n) is 9.83. The van der Waals surface area contributed by atoms with Gasteiger partial charge >= 0.3 is 0 Å². The van der Waals surface area contributed by atoms with Crippen LogP contribution >= 0.6 is 0 Å². The Kier molecular flexibility index (Phi) is 3.55. The molecule has 0 aliphatic carbocycles. The Bertz CT molecular complexity index is 289. The number of hydrogen-bond donors (Lipinski definition) is 1. The van der Waals surface area contributed by atoms with Crippen LogP contribution in [-0.2, 0) is 7.05 Å².